The van der Waals surface area contributed by atoms with Crippen LogP contribution in [0.1, 0.15) is 18.2 Å². The summed E-state index contributed by atoms with van der Waals surface area (Å²) in [6.07, 6.45) is 1.59. The lowest BCUT2D eigenvalue weighted by Crippen LogP contribution is -2.31. The molecule has 116 valence electrons. The molecule has 22 heavy (non-hydrogen) atoms. The molecule has 1 aromatic carbocycles. The predicted molar refractivity (Wildman–Crippen MR) is 95.3 cm³/mol. The Balaban J connectivity index is 2.24. The molecular formula is C14H15Cl2N5S. The minimum Gasteiger partial charge on any atom is -0.362 e. The van der Waals surface area contributed by atoms with Gasteiger partial charge in [-0.2, -0.15) is 10.2 Å². The minimum atomic E-state index is 0.453. The highest BCUT2D eigenvalue weighted by atomic mass is 35.5. The molecule has 2 rings (SSSR count). The Labute approximate surface area is 144 Å². The summed E-state index contributed by atoms with van der Waals surface area (Å²) in [7, 11) is 0. The van der Waals surface area contributed by atoms with E-state index in [4.69, 9.17) is 35.4 Å². The van der Waals surface area contributed by atoms with Crippen molar-refractivity contribution in [3.63, 3.8) is 0 Å². The van der Waals surface area contributed by atoms with Crippen LogP contribution in [0.5, 0.6) is 0 Å². The van der Waals surface area contributed by atoms with Crippen LogP contribution in [0.25, 0.3) is 5.69 Å². The van der Waals surface area contributed by atoms with E-state index in [1.54, 1.807) is 23.0 Å². The Kier molecular flexibility index (Phi) is 5.76. The fraction of sp³-hybridized carbons (Fsp3) is 0.214. The van der Waals surface area contributed by atoms with E-state index >= 15 is 0 Å². The van der Waals surface area contributed by atoms with Crippen molar-refractivity contribution in [2.45, 2.75) is 13.8 Å². The number of aromatic nitrogens is 2. The molecule has 0 fully saturated rings. The third-order valence-electron chi connectivity index (χ3n) is 2.80. The van der Waals surface area contributed by atoms with Crippen molar-refractivity contribution in [1.82, 2.24) is 20.5 Å². The average Bonchev–Trinajstić information content (AvgIpc) is 2.75. The number of hydrazone groups is 1. The zero-order chi connectivity index (χ0) is 16.1. The van der Waals surface area contributed by atoms with Gasteiger partial charge in [0.05, 0.1) is 23.2 Å². The van der Waals surface area contributed by atoms with Gasteiger partial charge in [0.25, 0.3) is 0 Å². The molecule has 0 aliphatic heterocycles. The van der Waals surface area contributed by atoms with E-state index in [2.05, 4.69) is 20.9 Å². The van der Waals surface area contributed by atoms with Gasteiger partial charge in [-0.15, -0.1) is 0 Å². The molecule has 1 aromatic heterocycles. The summed E-state index contributed by atoms with van der Waals surface area (Å²) in [4.78, 5) is 0. The lowest BCUT2D eigenvalue weighted by atomic mass is 10.3. The van der Waals surface area contributed by atoms with E-state index in [0.29, 0.717) is 20.9 Å². The topological polar surface area (TPSA) is 54.2 Å². The van der Waals surface area contributed by atoms with Gasteiger partial charge in [0.2, 0.25) is 0 Å². The van der Waals surface area contributed by atoms with E-state index in [-0.39, 0.29) is 0 Å². The number of rotatable bonds is 4. The molecule has 0 saturated carbocycles. The first-order chi connectivity index (χ1) is 10.5. The van der Waals surface area contributed by atoms with Crippen LogP contribution in [0, 0.1) is 6.92 Å². The van der Waals surface area contributed by atoms with Crippen LogP contribution in [0.2, 0.25) is 10.2 Å². The van der Waals surface area contributed by atoms with Crippen LogP contribution in [0.3, 0.4) is 0 Å². The largest absolute Gasteiger partial charge is 0.362 e. The van der Waals surface area contributed by atoms with E-state index in [9.17, 15) is 0 Å². The fourth-order valence-corrected chi connectivity index (χ4v) is 2.49. The second-order valence-electron chi connectivity index (χ2n) is 4.41. The number of benzene rings is 1. The smallest absolute Gasteiger partial charge is 0.186 e. The van der Waals surface area contributed by atoms with Gasteiger partial charge in [0, 0.05) is 11.6 Å². The highest BCUT2D eigenvalue weighted by molar-refractivity contribution is 7.80. The Morgan fingerprint density at radius 2 is 2.23 bits per heavy atom. The number of hydrogen-bond acceptors (Lipinski definition) is 3. The SMILES string of the molecule is CCNC(=S)N/N=C\c1c(C)nn(-c2cccc(Cl)c2)c1Cl. The maximum absolute atomic E-state index is 6.38. The molecule has 0 amide bonds. The van der Waals surface area contributed by atoms with Crippen LogP contribution < -0.4 is 10.7 Å². The normalized spacial score (nSPS) is 10.9. The van der Waals surface area contributed by atoms with Crippen molar-refractivity contribution in [1.29, 1.82) is 0 Å². The summed E-state index contributed by atoms with van der Waals surface area (Å²) in [6.45, 7) is 4.54. The molecule has 0 bridgehead atoms. The number of halogens is 2. The summed E-state index contributed by atoms with van der Waals surface area (Å²) in [6, 6.07) is 7.31. The number of hydrogen-bond donors (Lipinski definition) is 2. The molecule has 8 heteroatoms. The molecule has 0 radical (unpaired) electrons. The second kappa shape index (κ2) is 7.58. The maximum Gasteiger partial charge on any atom is 0.186 e. The summed E-state index contributed by atoms with van der Waals surface area (Å²) in [5, 5.41) is 12.9. The molecule has 0 aliphatic carbocycles. The average molecular weight is 356 g/mol. The second-order valence-corrected chi connectivity index (χ2v) is 5.61. The molecule has 0 atom stereocenters. The number of nitrogens with one attached hydrogen (secondary N) is 2. The summed E-state index contributed by atoms with van der Waals surface area (Å²) < 4.78 is 1.62. The van der Waals surface area contributed by atoms with Crippen molar-refractivity contribution in [2.24, 2.45) is 5.10 Å². The molecular weight excluding hydrogens is 341 g/mol. The predicted octanol–water partition coefficient (Wildman–Crippen LogP) is 3.31. The highest BCUT2D eigenvalue weighted by Gasteiger charge is 2.13. The lowest BCUT2D eigenvalue weighted by molar-refractivity contribution is 0.863. The van der Waals surface area contributed by atoms with E-state index in [1.165, 1.54) is 0 Å². The molecule has 0 aliphatic rings. The van der Waals surface area contributed by atoms with Crippen LogP contribution in [0.15, 0.2) is 29.4 Å². The molecule has 5 nitrogen and oxygen atoms in total. The number of thiocarbonyl (C=S) groups is 1. The summed E-state index contributed by atoms with van der Waals surface area (Å²) >= 11 is 17.4. The molecule has 2 N–H and O–H groups in total. The van der Waals surface area contributed by atoms with E-state index in [0.717, 1.165) is 17.9 Å². The van der Waals surface area contributed by atoms with Gasteiger partial charge in [0.15, 0.2) is 5.11 Å². The van der Waals surface area contributed by atoms with Gasteiger partial charge in [-0.3, -0.25) is 5.43 Å². The fourth-order valence-electron chi connectivity index (χ4n) is 1.79. The van der Waals surface area contributed by atoms with Gasteiger partial charge < -0.3 is 5.32 Å². The van der Waals surface area contributed by atoms with Gasteiger partial charge in [0.1, 0.15) is 5.15 Å². The summed E-state index contributed by atoms with van der Waals surface area (Å²) in [5.41, 5.74) is 4.98. The zero-order valence-corrected chi connectivity index (χ0v) is 14.4. The first-order valence-corrected chi connectivity index (χ1v) is 7.77. The Hall–Kier alpha value is -1.63. The van der Waals surface area contributed by atoms with Crippen molar-refractivity contribution < 1.29 is 0 Å². The van der Waals surface area contributed by atoms with Gasteiger partial charge in [-0.25, -0.2) is 4.68 Å². The molecule has 0 unspecified atom stereocenters. The van der Waals surface area contributed by atoms with Gasteiger partial charge in [-0.1, -0.05) is 29.3 Å². The van der Waals surface area contributed by atoms with Gasteiger partial charge in [-0.05, 0) is 44.3 Å². The first kappa shape index (κ1) is 16.7. The van der Waals surface area contributed by atoms with Crippen LogP contribution in [-0.4, -0.2) is 27.7 Å². The van der Waals surface area contributed by atoms with Gasteiger partial charge >= 0.3 is 0 Å². The molecule has 0 spiro atoms. The first-order valence-electron chi connectivity index (χ1n) is 6.61. The standard InChI is InChI=1S/C14H15Cl2N5S/c1-3-17-14(22)19-18-8-12-9(2)20-21(13(12)16)11-6-4-5-10(15)7-11/h4-8H,3H2,1-2H3,(H2,17,19,22)/b18-8-. The number of nitrogens with zero attached hydrogens (tertiary/aromatic N) is 3. The van der Waals surface area contributed by atoms with Crippen molar-refractivity contribution >= 4 is 46.7 Å². The zero-order valence-electron chi connectivity index (χ0n) is 12.1. The summed E-state index contributed by atoms with van der Waals surface area (Å²) in [5.74, 6) is 0. The third-order valence-corrected chi connectivity index (χ3v) is 3.63. The van der Waals surface area contributed by atoms with Crippen LogP contribution >= 0.6 is 35.4 Å². The molecule has 0 saturated heterocycles. The van der Waals surface area contributed by atoms with E-state index in [1.807, 2.05) is 26.0 Å². The maximum atomic E-state index is 6.38. The molecule has 1 heterocycles. The quantitative estimate of drug-likeness (QED) is 0.501. The van der Waals surface area contributed by atoms with Crippen molar-refractivity contribution in [3.8, 4) is 5.69 Å². The van der Waals surface area contributed by atoms with Crippen LogP contribution in [0.4, 0.5) is 0 Å². The van der Waals surface area contributed by atoms with Crippen molar-refractivity contribution in [3.05, 3.63) is 45.7 Å². The highest BCUT2D eigenvalue weighted by Crippen LogP contribution is 2.23. The number of aryl methyl sites for hydroxylation is 1. The minimum absolute atomic E-state index is 0.453. The molecule has 2 aromatic rings. The Morgan fingerprint density at radius 3 is 2.91 bits per heavy atom. The Bertz CT molecular complexity index is 711. The van der Waals surface area contributed by atoms with Crippen molar-refractivity contribution in [2.75, 3.05) is 6.54 Å². The van der Waals surface area contributed by atoms with Crippen LogP contribution in [-0.2, 0) is 0 Å². The monoisotopic (exact) mass is 355 g/mol. The van der Waals surface area contributed by atoms with E-state index < -0.39 is 0 Å². The third kappa shape index (κ3) is 3.97. The lowest BCUT2D eigenvalue weighted by Gasteiger charge is -2.03. The Morgan fingerprint density at radius 1 is 1.45 bits per heavy atom.